The number of carboxylic acid groups (broad SMARTS) is 1. The Morgan fingerprint density at radius 1 is 1.19 bits per heavy atom. The number of nitrogens with zero attached hydrogens (tertiary/aromatic N) is 5. The van der Waals surface area contributed by atoms with Gasteiger partial charge in [0.15, 0.2) is 0 Å². The molecule has 7 nitrogen and oxygen atoms in total. The van der Waals surface area contributed by atoms with E-state index in [1.165, 1.54) is 0 Å². The molecule has 0 spiro atoms. The molecule has 0 bridgehead atoms. The maximum Gasteiger partial charge on any atom is 0.303 e. The second-order valence-electron chi connectivity index (χ2n) is 7.98. The number of carboxylic acids is 1. The first-order valence-electron chi connectivity index (χ1n) is 10.2. The summed E-state index contributed by atoms with van der Waals surface area (Å²) < 4.78 is 0. The van der Waals surface area contributed by atoms with Crippen molar-refractivity contribution in [2.45, 2.75) is 45.2 Å². The van der Waals surface area contributed by atoms with Crippen LogP contribution in [0.4, 0.5) is 0 Å². The highest BCUT2D eigenvalue weighted by atomic mass is 16.4. The summed E-state index contributed by atoms with van der Waals surface area (Å²) in [5.74, 6) is 0.605. The monoisotopic (exact) mass is 375 g/mol. The van der Waals surface area contributed by atoms with Crippen LogP contribution in [0.15, 0.2) is 12.4 Å². The van der Waals surface area contributed by atoms with Gasteiger partial charge >= 0.3 is 5.97 Å². The van der Waals surface area contributed by atoms with Crippen molar-refractivity contribution < 1.29 is 9.90 Å². The standard InChI is InChI=1S/C20H33N5O2/c1-3-19-21-12-16(13-22-19)14-24-7-6-18(17(15-24)4-5-20(26)27)25-10-8-23(2)9-11-25/h12-13,17-18H,3-11,14-15H2,1-2H3,(H,26,27)/t17-,18+/m1/s1. The van der Waals surface area contributed by atoms with Gasteiger partial charge in [-0.3, -0.25) is 14.6 Å². The number of hydrogen-bond acceptors (Lipinski definition) is 6. The smallest absolute Gasteiger partial charge is 0.303 e. The lowest BCUT2D eigenvalue weighted by molar-refractivity contribution is -0.137. The van der Waals surface area contributed by atoms with Crippen LogP contribution in [0.5, 0.6) is 0 Å². The van der Waals surface area contributed by atoms with Crippen molar-refractivity contribution >= 4 is 5.97 Å². The summed E-state index contributed by atoms with van der Waals surface area (Å²) in [4.78, 5) is 27.4. The quantitative estimate of drug-likeness (QED) is 0.771. The number of rotatable bonds is 7. The molecule has 27 heavy (non-hydrogen) atoms. The Morgan fingerprint density at radius 3 is 2.52 bits per heavy atom. The summed E-state index contributed by atoms with van der Waals surface area (Å²) in [5.41, 5.74) is 1.14. The lowest BCUT2D eigenvalue weighted by Crippen LogP contribution is -2.56. The molecular weight excluding hydrogens is 342 g/mol. The summed E-state index contributed by atoms with van der Waals surface area (Å²) in [6.45, 7) is 9.32. The number of carbonyl (C=O) groups is 1. The van der Waals surface area contributed by atoms with E-state index in [9.17, 15) is 9.90 Å². The zero-order valence-electron chi connectivity index (χ0n) is 16.7. The number of aromatic nitrogens is 2. The molecule has 2 fully saturated rings. The van der Waals surface area contributed by atoms with Crippen molar-refractivity contribution in [2.24, 2.45) is 5.92 Å². The molecular formula is C20H33N5O2. The lowest BCUT2D eigenvalue weighted by Gasteiger charge is -2.46. The molecule has 0 saturated carbocycles. The molecule has 0 amide bonds. The molecule has 2 saturated heterocycles. The molecule has 2 aliphatic rings. The first kappa shape index (κ1) is 20.2. The van der Waals surface area contributed by atoms with Gasteiger partial charge in [0.25, 0.3) is 0 Å². The van der Waals surface area contributed by atoms with Crippen LogP contribution in [-0.4, -0.2) is 88.1 Å². The molecule has 2 atom stereocenters. The fourth-order valence-electron chi connectivity index (χ4n) is 4.37. The van der Waals surface area contributed by atoms with Gasteiger partial charge in [-0.05, 0) is 32.4 Å². The summed E-state index contributed by atoms with van der Waals surface area (Å²) >= 11 is 0. The third kappa shape index (κ3) is 5.70. The second-order valence-corrected chi connectivity index (χ2v) is 7.98. The molecule has 7 heteroatoms. The fourth-order valence-corrected chi connectivity index (χ4v) is 4.37. The van der Waals surface area contributed by atoms with Gasteiger partial charge in [-0.15, -0.1) is 0 Å². The van der Waals surface area contributed by atoms with E-state index in [0.29, 0.717) is 12.0 Å². The molecule has 0 radical (unpaired) electrons. The number of piperazine rings is 1. The summed E-state index contributed by atoms with van der Waals surface area (Å²) in [5, 5.41) is 9.18. The lowest BCUT2D eigenvalue weighted by atomic mass is 9.86. The van der Waals surface area contributed by atoms with E-state index in [2.05, 4.69) is 38.6 Å². The Bertz CT molecular complexity index is 601. The van der Waals surface area contributed by atoms with Gasteiger partial charge in [-0.1, -0.05) is 6.92 Å². The summed E-state index contributed by atoms with van der Waals surface area (Å²) in [6.07, 6.45) is 6.86. The van der Waals surface area contributed by atoms with Gasteiger partial charge in [0.05, 0.1) is 0 Å². The van der Waals surface area contributed by atoms with Gasteiger partial charge in [-0.25, -0.2) is 9.97 Å². The maximum atomic E-state index is 11.2. The minimum absolute atomic E-state index is 0.261. The predicted molar refractivity (Wildman–Crippen MR) is 105 cm³/mol. The molecule has 0 aliphatic carbocycles. The normalized spacial score (nSPS) is 25.6. The highest BCUT2D eigenvalue weighted by molar-refractivity contribution is 5.66. The highest BCUT2D eigenvalue weighted by Crippen LogP contribution is 2.28. The number of piperidine rings is 1. The van der Waals surface area contributed by atoms with Crippen molar-refractivity contribution in [3.8, 4) is 0 Å². The zero-order chi connectivity index (χ0) is 19.2. The second kappa shape index (κ2) is 9.57. The summed E-state index contributed by atoms with van der Waals surface area (Å²) in [7, 11) is 2.17. The minimum Gasteiger partial charge on any atom is -0.481 e. The third-order valence-electron chi connectivity index (χ3n) is 6.00. The van der Waals surface area contributed by atoms with Crippen LogP contribution in [0.2, 0.25) is 0 Å². The topological polar surface area (TPSA) is 72.8 Å². The van der Waals surface area contributed by atoms with E-state index in [0.717, 1.165) is 76.5 Å². The Labute approximate surface area is 162 Å². The Hall–Kier alpha value is -1.57. The maximum absolute atomic E-state index is 11.2. The van der Waals surface area contributed by atoms with Gasteiger partial charge < -0.3 is 10.0 Å². The van der Waals surface area contributed by atoms with E-state index in [1.54, 1.807) is 0 Å². The minimum atomic E-state index is -0.687. The number of likely N-dealkylation sites (N-methyl/N-ethyl adjacent to an activating group) is 1. The van der Waals surface area contributed by atoms with Crippen molar-refractivity contribution in [2.75, 3.05) is 46.3 Å². The van der Waals surface area contributed by atoms with Crippen molar-refractivity contribution in [3.63, 3.8) is 0 Å². The molecule has 1 aromatic heterocycles. The molecule has 1 N–H and O–H groups in total. The molecule has 0 unspecified atom stereocenters. The van der Waals surface area contributed by atoms with E-state index in [1.807, 2.05) is 12.4 Å². The molecule has 3 heterocycles. The van der Waals surface area contributed by atoms with E-state index in [4.69, 9.17) is 0 Å². The van der Waals surface area contributed by atoms with Crippen molar-refractivity contribution in [3.05, 3.63) is 23.8 Å². The SMILES string of the molecule is CCc1ncc(CN2CC[C@H](N3CCN(C)CC3)[C@H](CCC(=O)O)C2)cn1. The third-order valence-corrected chi connectivity index (χ3v) is 6.00. The van der Waals surface area contributed by atoms with Crippen LogP contribution in [-0.2, 0) is 17.8 Å². The number of hydrogen-bond donors (Lipinski definition) is 1. The largest absolute Gasteiger partial charge is 0.481 e. The van der Waals surface area contributed by atoms with Gasteiger partial charge in [-0.2, -0.15) is 0 Å². The van der Waals surface area contributed by atoms with Crippen LogP contribution in [0.3, 0.4) is 0 Å². The van der Waals surface area contributed by atoms with Crippen LogP contribution in [0.1, 0.15) is 37.6 Å². The number of aliphatic carboxylic acids is 1. The molecule has 1 aromatic rings. The molecule has 0 aromatic carbocycles. The Balaban J connectivity index is 1.61. The van der Waals surface area contributed by atoms with Gasteiger partial charge in [0.2, 0.25) is 0 Å². The van der Waals surface area contributed by atoms with Crippen LogP contribution in [0, 0.1) is 5.92 Å². The highest BCUT2D eigenvalue weighted by Gasteiger charge is 2.34. The number of aryl methyl sites for hydroxylation is 1. The van der Waals surface area contributed by atoms with E-state index in [-0.39, 0.29) is 6.42 Å². The average molecular weight is 376 g/mol. The fraction of sp³-hybridized carbons (Fsp3) is 0.750. The number of likely N-dealkylation sites (tertiary alicyclic amines) is 1. The van der Waals surface area contributed by atoms with Crippen molar-refractivity contribution in [1.82, 2.24) is 24.7 Å². The van der Waals surface area contributed by atoms with Gasteiger partial charge in [0, 0.05) is 76.1 Å². The Morgan fingerprint density at radius 2 is 1.89 bits per heavy atom. The van der Waals surface area contributed by atoms with Crippen LogP contribution in [0.25, 0.3) is 0 Å². The molecule has 3 rings (SSSR count). The molecule has 150 valence electrons. The Kier molecular flexibility index (Phi) is 7.15. The zero-order valence-corrected chi connectivity index (χ0v) is 16.7. The van der Waals surface area contributed by atoms with Crippen LogP contribution >= 0.6 is 0 Å². The van der Waals surface area contributed by atoms with Crippen molar-refractivity contribution in [1.29, 1.82) is 0 Å². The average Bonchev–Trinajstić information content (AvgIpc) is 2.68. The van der Waals surface area contributed by atoms with E-state index < -0.39 is 5.97 Å². The van der Waals surface area contributed by atoms with Crippen LogP contribution < -0.4 is 0 Å². The van der Waals surface area contributed by atoms with Gasteiger partial charge in [0.1, 0.15) is 5.82 Å². The first-order valence-corrected chi connectivity index (χ1v) is 10.2. The first-order chi connectivity index (χ1) is 13.0. The summed E-state index contributed by atoms with van der Waals surface area (Å²) in [6, 6.07) is 0.507. The predicted octanol–water partition coefficient (Wildman–Crippen LogP) is 1.34. The van der Waals surface area contributed by atoms with E-state index >= 15 is 0 Å². The molecule has 2 aliphatic heterocycles.